The van der Waals surface area contributed by atoms with Crippen LogP contribution in [0.1, 0.15) is 25.8 Å². The maximum atomic E-state index is 4.37. The molecule has 2 rings (SSSR count). The molecule has 0 saturated heterocycles. The molecule has 2 atom stereocenters. The van der Waals surface area contributed by atoms with E-state index < -0.39 is 0 Å². The van der Waals surface area contributed by atoms with Crippen LogP contribution in [0.2, 0.25) is 0 Å². The number of aliphatic imine (C=N–C) groups is 1. The number of nitrogens with one attached hydrogen (secondary N) is 1. The molecule has 0 fully saturated rings. The van der Waals surface area contributed by atoms with Crippen molar-refractivity contribution < 1.29 is 0 Å². The minimum Gasteiger partial charge on any atom is -0.261 e. The summed E-state index contributed by atoms with van der Waals surface area (Å²) in [7, 11) is 0. The molecule has 0 amide bonds. The second-order valence-corrected chi connectivity index (χ2v) is 4.47. The summed E-state index contributed by atoms with van der Waals surface area (Å²) in [5.41, 5.74) is 2.48. The lowest BCUT2D eigenvalue weighted by molar-refractivity contribution is 0.516. The second-order valence-electron chi connectivity index (χ2n) is 4.47. The van der Waals surface area contributed by atoms with Crippen LogP contribution in [0.4, 0.5) is 5.82 Å². The van der Waals surface area contributed by atoms with Gasteiger partial charge in [-0.2, -0.15) is 5.10 Å². The van der Waals surface area contributed by atoms with Crippen LogP contribution >= 0.6 is 0 Å². The highest BCUT2D eigenvalue weighted by Crippen LogP contribution is 2.27. The molecule has 0 spiro atoms. The van der Waals surface area contributed by atoms with Gasteiger partial charge in [-0.1, -0.05) is 19.1 Å². The average Bonchev–Trinajstić information content (AvgIpc) is 2.64. The van der Waals surface area contributed by atoms with Gasteiger partial charge in [0.15, 0.2) is 5.82 Å². The predicted octanol–water partition coefficient (Wildman–Crippen LogP) is 2.89. The highest BCUT2D eigenvalue weighted by Gasteiger charge is 2.18. The minimum absolute atomic E-state index is 0.529. The Morgan fingerprint density at radius 3 is 3.27 bits per heavy atom. The number of nitrogens with zero attached hydrogens (tertiary/aromatic N) is 2. The molecule has 2 heterocycles. The van der Waals surface area contributed by atoms with E-state index in [4.69, 9.17) is 0 Å². The van der Waals surface area contributed by atoms with Gasteiger partial charge >= 0.3 is 0 Å². The third kappa shape index (κ3) is 2.17. The first kappa shape index (κ1) is 10.1. The fraction of sp³-hybridized carbons (Fsp3) is 0.500. The van der Waals surface area contributed by atoms with E-state index in [9.17, 15) is 0 Å². The second kappa shape index (κ2) is 4.01. The van der Waals surface area contributed by atoms with E-state index in [1.165, 1.54) is 11.1 Å². The molecule has 1 aliphatic heterocycles. The monoisotopic (exact) mass is 203 g/mol. The zero-order chi connectivity index (χ0) is 10.8. The quantitative estimate of drug-likeness (QED) is 0.754. The largest absolute Gasteiger partial charge is 0.261 e. The molecule has 0 aliphatic carbocycles. The summed E-state index contributed by atoms with van der Waals surface area (Å²) in [5, 5.41) is 6.88. The maximum absolute atomic E-state index is 4.37. The van der Waals surface area contributed by atoms with E-state index >= 15 is 0 Å². The van der Waals surface area contributed by atoms with Crippen LogP contribution in [0.3, 0.4) is 0 Å². The summed E-state index contributed by atoms with van der Waals surface area (Å²) >= 11 is 0. The van der Waals surface area contributed by atoms with Crippen molar-refractivity contribution in [1.29, 1.82) is 0 Å². The van der Waals surface area contributed by atoms with E-state index in [1.807, 2.05) is 12.4 Å². The third-order valence-corrected chi connectivity index (χ3v) is 3.09. The number of aromatic amines is 1. The lowest BCUT2D eigenvalue weighted by Crippen LogP contribution is -2.13. The molecule has 0 bridgehead atoms. The van der Waals surface area contributed by atoms with Gasteiger partial charge in [0.2, 0.25) is 0 Å². The van der Waals surface area contributed by atoms with Gasteiger partial charge in [0.05, 0.1) is 6.20 Å². The normalized spacial score (nSPS) is 21.1. The van der Waals surface area contributed by atoms with Crippen LogP contribution in [-0.2, 0) is 6.42 Å². The summed E-state index contributed by atoms with van der Waals surface area (Å²) in [4.78, 5) is 4.37. The lowest BCUT2D eigenvalue weighted by atomic mass is 9.87. The van der Waals surface area contributed by atoms with Crippen LogP contribution in [0, 0.1) is 11.8 Å². The molecule has 0 saturated carbocycles. The van der Waals surface area contributed by atoms with Crippen molar-refractivity contribution >= 4 is 12.0 Å². The Balaban J connectivity index is 2.01. The van der Waals surface area contributed by atoms with Crippen LogP contribution in [0.25, 0.3) is 0 Å². The first-order chi connectivity index (χ1) is 7.16. The summed E-state index contributed by atoms with van der Waals surface area (Å²) in [6, 6.07) is 0. The van der Waals surface area contributed by atoms with Crippen molar-refractivity contribution in [3.05, 3.63) is 23.9 Å². The van der Waals surface area contributed by atoms with Gasteiger partial charge in [0.25, 0.3) is 0 Å². The summed E-state index contributed by atoms with van der Waals surface area (Å²) in [6.07, 6.45) is 6.10. The number of hydrogen-bond acceptors (Lipinski definition) is 2. The minimum atomic E-state index is 0.529. The van der Waals surface area contributed by atoms with Crippen molar-refractivity contribution in [2.45, 2.75) is 26.7 Å². The average molecular weight is 203 g/mol. The molecule has 3 heteroatoms. The van der Waals surface area contributed by atoms with Crippen LogP contribution in [-0.4, -0.2) is 16.4 Å². The maximum Gasteiger partial charge on any atom is 0.150 e. The molecule has 15 heavy (non-hydrogen) atoms. The Bertz CT molecular complexity index is 389. The molecule has 2 unspecified atom stereocenters. The smallest absolute Gasteiger partial charge is 0.150 e. The molecular formula is C12H17N3. The molecule has 3 nitrogen and oxygen atoms in total. The fourth-order valence-electron chi connectivity index (χ4n) is 1.88. The predicted molar refractivity (Wildman–Crippen MR) is 62.5 cm³/mol. The zero-order valence-electron chi connectivity index (χ0n) is 9.33. The van der Waals surface area contributed by atoms with Crippen molar-refractivity contribution in [2.75, 3.05) is 0 Å². The van der Waals surface area contributed by atoms with Crippen LogP contribution in [0.15, 0.2) is 23.3 Å². The van der Waals surface area contributed by atoms with Crippen molar-refractivity contribution in [1.82, 2.24) is 10.2 Å². The number of allylic oxidation sites excluding steroid dienone is 1. The number of H-pyrrole nitrogens is 1. The number of fused-ring (bicyclic) bond motifs is 1. The SMILES string of the molecule is C=C(C)C(C)CC1C=Nc2[nH]ncc2C1. The highest BCUT2D eigenvalue weighted by molar-refractivity contribution is 5.69. The topological polar surface area (TPSA) is 41.0 Å². The van der Waals surface area contributed by atoms with Gasteiger partial charge in [-0.15, -0.1) is 0 Å². The Kier molecular flexibility index (Phi) is 2.71. The van der Waals surface area contributed by atoms with Gasteiger partial charge in [0.1, 0.15) is 0 Å². The lowest BCUT2D eigenvalue weighted by Gasteiger charge is -2.19. The molecule has 1 aliphatic rings. The van der Waals surface area contributed by atoms with E-state index in [0.29, 0.717) is 11.8 Å². The first-order valence-corrected chi connectivity index (χ1v) is 5.38. The van der Waals surface area contributed by atoms with Gasteiger partial charge < -0.3 is 0 Å². The van der Waals surface area contributed by atoms with E-state index in [-0.39, 0.29) is 0 Å². The van der Waals surface area contributed by atoms with Crippen LogP contribution < -0.4 is 0 Å². The summed E-state index contributed by atoms with van der Waals surface area (Å²) < 4.78 is 0. The van der Waals surface area contributed by atoms with Crippen LogP contribution in [0.5, 0.6) is 0 Å². The fourth-order valence-corrected chi connectivity index (χ4v) is 1.88. The standard InChI is InChI=1S/C12H17N3/c1-8(2)9(3)4-10-5-11-7-14-15-12(11)13-6-10/h6-7,9-10H,1,4-5H2,2-3H3,(H,14,15). The molecule has 0 aromatic carbocycles. The number of hydrogen-bond donors (Lipinski definition) is 1. The number of rotatable bonds is 3. The zero-order valence-corrected chi connectivity index (χ0v) is 9.33. The Labute approximate surface area is 90.3 Å². The molecular weight excluding hydrogens is 186 g/mol. The molecule has 1 N–H and O–H groups in total. The summed E-state index contributed by atoms with van der Waals surface area (Å²) in [6.45, 7) is 8.31. The Morgan fingerprint density at radius 1 is 1.73 bits per heavy atom. The molecule has 0 radical (unpaired) electrons. The Hall–Kier alpha value is -1.38. The van der Waals surface area contributed by atoms with Gasteiger partial charge in [-0.3, -0.25) is 5.10 Å². The highest BCUT2D eigenvalue weighted by atomic mass is 15.2. The van der Waals surface area contributed by atoms with Crippen molar-refractivity contribution in [3.63, 3.8) is 0 Å². The van der Waals surface area contributed by atoms with E-state index in [0.717, 1.165) is 18.7 Å². The van der Waals surface area contributed by atoms with Gasteiger partial charge in [0, 0.05) is 11.8 Å². The third-order valence-electron chi connectivity index (χ3n) is 3.09. The molecule has 80 valence electrons. The van der Waals surface area contributed by atoms with Crippen molar-refractivity contribution in [2.24, 2.45) is 16.8 Å². The molecule has 1 aromatic heterocycles. The van der Waals surface area contributed by atoms with Crippen molar-refractivity contribution in [3.8, 4) is 0 Å². The van der Waals surface area contributed by atoms with Gasteiger partial charge in [-0.05, 0) is 31.6 Å². The number of aromatic nitrogens is 2. The van der Waals surface area contributed by atoms with E-state index in [1.54, 1.807) is 0 Å². The first-order valence-electron chi connectivity index (χ1n) is 5.38. The molecule has 1 aromatic rings. The van der Waals surface area contributed by atoms with Gasteiger partial charge in [-0.25, -0.2) is 4.99 Å². The summed E-state index contributed by atoms with van der Waals surface area (Å²) in [5.74, 6) is 2.02. The van der Waals surface area contributed by atoms with E-state index in [2.05, 4.69) is 35.6 Å². The Morgan fingerprint density at radius 2 is 2.53 bits per heavy atom.